The third-order valence-corrected chi connectivity index (χ3v) is 3.60. The average Bonchev–Trinajstić information content (AvgIpc) is 2.62. The molecule has 0 aliphatic rings. The molecule has 0 aliphatic heterocycles. The van der Waals surface area contributed by atoms with Crippen LogP contribution < -0.4 is 10.6 Å². The normalized spacial score (nSPS) is 10.1. The number of carbonyl (C=O) groups excluding carboxylic acids is 2. The molecule has 2 amide bonds. The summed E-state index contributed by atoms with van der Waals surface area (Å²) in [5.74, 6) is -0.335. The van der Waals surface area contributed by atoms with E-state index < -0.39 is 0 Å². The fraction of sp³-hybridized carbons (Fsp3) is 0.545. The zero-order valence-electron chi connectivity index (χ0n) is 10.5. The van der Waals surface area contributed by atoms with E-state index in [1.807, 2.05) is 13.8 Å². The van der Waals surface area contributed by atoms with Gasteiger partial charge in [-0.15, -0.1) is 11.3 Å². The van der Waals surface area contributed by atoms with Crippen LogP contribution in [0.4, 0.5) is 0 Å². The molecular weight excluding hydrogens is 270 g/mol. The molecule has 0 unspecified atom stereocenters. The Hall–Kier alpha value is -1.21. The molecule has 0 aliphatic carbocycles. The summed E-state index contributed by atoms with van der Waals surface area (Å²) in [4.78, 5) is 26.8. The predicted octanol–water partition coefficient (Wildman–Crippen LogP) is 1.30. The minimum absolute atomic E-state index is 0.0215. The standard InChI is InChI=1S/C11H17N3O2S2/c1-3-4-12-10(16)6-13-9(15)5-8-7(2)14-11(17)18-8/h3-6H2,1-2H3,(H,12,16)(H,13,15)(H,14,17). The van der Waals surface area contributed by atoms with E-state index in [-0.39, 0.29) is 24.8 Å². The van der Waals surface area contributed by atoms with Crippen molar-refractivity contribution in [3.8, 4) is 0 Å². The van der Waals surface area contributed by atoms with E-state index >= 15 is 0 Å². The summed E-state index contributed by atoms with van der Waals surface area (Å²) in [5, 5.41) is 5.28. The first kappa shape index (κ1) is 14.8. The number of aromatic amines is 1. The summed E-state index contributed by atoms with van der Waals surface area (Å²) in [5.41, 5.74) is 0.913. The second-order valence-electron chi connectivity index (χ2n) is 3.87. The number of nitrogens with one attached hydrogen (secondary N) is 3. The van der Waals surface area contributed by atoms with Crippen molar-refractivity contribution in [1.82, 2.24) is 15.6 Å². The number of H-pyrrole nitrogens is 1. The molecule has 18 heavy (non-hydrogen) atoms. The molecule has 0 atom stereocenters. The highest BCUT2D eigenvalue weighted by atomic mass is 32.1. The Morgan fingerprint density at radius 1 is 1.33 bits per heavy atom. The van der Waals surface area contributed by atoms with Crippen LogP contribution in [0.5, 0.6) is 0 Å². The molecule has 5 nitrogen and oxygen atoms in total. The van der Waals surface area contributed by atoms with Crippen LogP contribution in [0, 0.1) is 10.9 Å². The first-order valence-corrected chi connectivity index (χ1v) is 6.97. The van der Waals surface area contributed by atoms with Gasteiger partial charge in [0, 0.05) is 17.1 Å². The van der Waals surface area contributed by atoms with Crippen LogP contribution in [0.1, 0.15) is 23.9 Å². The highest BCUT2D eigenvalue weighted by Crippen LogP contribution is 2.14. The van der Waals surface area contributed by atoms with Gasteiger partial charge >= 0.3 is 0 Å². The molecular formula is C11H17N3O2S2. The number of aryl methyl sites for hydroxylation is 1. The molecule has 100 valence electrons. The predicted molar refractivity (Wildman–Crippen MR) is 74.3 cm³/mol. The Labute approximate surface area is 115 Å². The average molecular weight is 287 g/mol. The van der Waals surface area contributed by atoms with Crippen molar-refractivity contribution in [3.05, 3.63) is 14.5 Å². The van der Waals surface area contributed by atoms with Gasteiger partial charge in [-0.1, -0.05) is 6.92 Å². The Morgan fingerprint density at radius 2 is 2.06 bits per heavy atom. The minimum Gasteiger partial charge on any atom is -0.355 e. The maximum atomic E-state index is 11.6. The highest BCUT2D eigenvalue weighted by molar-refractivity contribution is 7.73. The lowest BCUT2D eigenvalue weighted by molar-refractivity contribution is -0.125. The van der Waals surface area contributed by atoms with Crippen LogP contribution in [0.3, 0.4) is 0 Å². The van der Waals surface area contributed by atoms with Crippen molar-refractivity contribution in [2.45, 2.75) is 26.7 Å². The van der Waals surface area contributed by atoms with Crippen molar-refractivity contribution in [2.75, 3.05) is 13.1 Å². The summed E-state index contributed by atoms with van der Waals surface area (Å²) in [7, 11) is 0. The maximum Gasteiger partial charge on any atom is 0.239 e. The third kappa shape index (κ3) is 4.97. The minimum atomic E-state index is -0.171. The Kier molecular flexibility index (Phi) is 6.00. The Morgan fingerprint density at radius 3 is 2.61 bits per heavy atom. The molecule has 0 aromatic carbocycles. The molecule has 0 bridgehead atoms. The number of thiazole rings is 1. The molecule has 0 saturated heterocycles. The molecule has 0 spiro atoms. The van der Waals surface area contributed by atoms with Gasteiger partial charge in [0.2, 0.25) is 11.8 Å². The topological polar surface area (TPSA) is 74.0 Å². The van der Waals surface area contributed by atoms with Gasteiger partial charge in [0.25, 0.3) is 0 Å². The smallest absolute Gasteiger partial charge is 0.239 e. The van der Waals surface area contributed by atoms with E-state index in [2.05, 4.69) is 15.6 Å². The summed E-state index contributed by atoms with van der Waals surface area (Å²) in [6.45, 7) is 4.50. The number of rotatable bonds is 6. The number of aromatic nitrogens is 1. The fourth-order valence-corrected chi connectivity index (χ4v) is 2.61. The van der Waals surface area contributed by atoms with E-state index in [4.69, 9.17) is 12.2 Å². The first-order chi connectivity index (χ1) is 8.52. The molecule has 3 N–H and O–H groups in total. The monoisotopic (exact) mass is 287 g/mol. The van der Waals surface area contributed by atoms with Crippen molar-refractivity contribution in [3.63, 3.8) is 0 Å². The van der Waals surface area contributed by atoms with E-state index in [0.29, 0.717) is 10.5 Å². The molecule has 1 aromatic heterocycles. The number of hydrogen-bond acceptors (Lipinski definition) is 4. The van der Waals surface area contributed by atoms with Gasteiger partial charge in [-0.3, -0.25) is 9.59 Å². The fourth-order valence-electron chi connectivity index (χ4n) is 1.32. The van der Waals surface area contributed by atoms with Crippen molar-refractivity contribution >= 4 is 35.4 Å². The van der Waals surface area contributed by atoms with E-state index in [9.17, 15) is 9.59 Å². The van der Waals surface area contributed by atoms with Gasteiger partial charge in [0.1, 0.15) is 0 Å². The molecule has 1 heterocycles. The van der Waals surface area contributed by atoms with Crippen LogP contribution >= 0.6 is 23.6 Å². The van der Waals surface area contributed by atoms with Crippen LogP contribution in [0.25, 0.3) is 0 Å². The maximum absolute atomic E-state index is 11.6. The molecule has 7 heteroatoms. The lowest BCUT2D eigenvalue weighted by Crippen LogP contribution is -2.37. The molecule has 0 saturated carbocycles. The van der Waals surface area contributed by atoms with Crippen LogP contribution in [0.2, 0.25) is 0 Å². The van der Waals surface area contributed by atoms with Crippen molar-refractivity contribution in [1.29, 1.82) is 0 Å². The quantitative estimate of drug-likeness (QED) is 0.690. The Balaban J connectivity index is 2.36. The lowest BCUT2D eigenvalue weighted by atomic mass is 10.3. The number of hydrogen-bond donors (Lipinski definition) is 3. The van der Waals surface area contributed by atoms with Gasteiger partial charge in [-0.2, -0.15) is 0 Å². The van der Waals surface area contributed by atoms with Gasteiger partial charge in [-0.05, 0) is 25.6 Å². The van der Waals surface area contributed by atoms with Gasteiger partial charge in [-0.25, -0.2) is 0 Å². The van der Waals surface area contributed by atoms with Gasteiger partial charge in [0.15, 0.2) is 3.95 Å². The third-order valence-electron chi connectivity index (χ3n) is 2.26. The summed E-state index contributed by atoms with van der Waals surface area (Å²) in [6, 6.07) is 0. The van der Waals surface area contributed by atoms with Gasteiger partial charge < -0.3 is 15.6 Å². The second-order valence-corrected chi connectivity index (χ2v) is 5.64. The molecule has 0 radical (unpaired) electrons. The zero-order chi connectivity index (χ0) is 13.5. The summed E-state index contributed by atoms with van der Waals surface area (Å²) >= 11 is 6.38. The Bertz CT molecular complexity index is 479. The van der Waals surface area contributed by atoms with Gasteiger partial charge in [0.05, 0.1) is 13.0 Å². The van der Waals surface area contributed by atoms with E-state index in [1.165, 1.54) is 11.3 Å². The van der Waals surface area contributed by atoms with Crippen molar-refractivity contribution in [2.24, 2.45) is 0 Å². The molecule has 1 aromatic rings. The number of amides is 2. The largest absolute Gasteiger partial charge is 0.355 e. The lowest BCUT2D eigenvalue weighted by Gasteiger charge is -2.05. The number of carbonyl (C=O) groups is 2. The SMILES string of the molecule is CCCNC(=O)CNC(=O)Cc1sc(=S)[nH]c1C. The van der Waals surface area contributed by atoms with E-state index in [1.54, 1.807) is 0 Å². The first-order valence-electron chi connectivity index (χ1n) is 5.75. The highest BCUT2D eigenvalue weighted by Gasteiger charge is 2.09. The second kappa shape index (κ2) is 7.27. The van der Waals surface area contributed by atoms with Crippen LogP contribution in [-0.2, 0) is 16.0 Å². The van der Waals surface area contributed by atoms with Crippen molar-refractivity contribution < 1.29 is 9.59 Å². The molecule has 1 rings (SSSR count). The van der Waals surface area contributed by atoms with Crippen LogP contribution in [-0.4, -0.2) is 29.9 Å². The zero-order valence-corrected chi connectivity index (χ0v) is 12.1. The van der Waals surface area contributed by atoms with Crippen LogP contribution in [0.15, 0.2) is 0 Å². The summed E-state index contributed by atoms with van der Waals surface area (Å²) in [6.07, 6.45) is 1.14. The molecule has 0 fully saturated rings. The van der Waals surface area contributed by atoms with E-state index in [0.717, 1.165) is 17.0 Å². The summed E-state index contributed by atoms with van der Waals surface area (Å²) < 4.78 is 0.663.